The van der Waals surface area contributed by atoms with E-state index in [-0.39, 0.29) is 42.7 Å². The Morgan fingerprint density at radius 2 is 1.95 bits per heavy atom. The summed E-state index contributed by atoms with van der Waals surface area (Å²) < 4.78 is 0. The molecule has 0 spiro atoms. The number of nitrogens with two attached hydrogens (primary N) is 1. The van der Waals surface area contributed by atoms with E-state index >= 15 is 0 Å². The molecule has 6 nitrogen and oxygen atoms in total. The quantitative estimate of drug-likeness (QED) is 0.868. The van der Waals surface area contributed by atoms with Gasteiger partial charge in [0, 0.05) is 18.3 Å². The average Bonchev–Trinajstić information content (AvgIpc) is 2.29. The summed E-state index contributed by atoms with van der Waals surface area (Å²) in [4.78, 5) is 29.2. The molecule has 0 fully saturated rings. The van der Waals surface area contributed by atoms with Gasteiger partial charge in [-0.05, 0) is 32.9 Å². The van der Waals surface area contributed by atoms with Crippen LogP contribution in [-0.4, -0.2) is 40.8 Å². The molecule has 0 saturated heterocycles. The monoisotopic (exact) mass is 314 g/mol. The molecule has 0 aliphatic rings. The number of nitrogens with one attached hydrogen (secondary N) is 1. The minimum absolute atomic E-state index is 0. The van der Waals surface area contributed by atoms with E-state index in [0.29, 0.717) is 11.4 Å². The number of amides is 2. The second-order valence-electron chi connectivity index (χ2n) is 5.81. The number of nitrogens with zero attached hydrogens (tertiary/aromatic N) is 2. The van der Waals surface area contributed by atoms with E-state index in [1.807, 2.05) is 20.8 Å². The Balaban J connectivity index is 0.00000400. The SMILES string of the molecule is CN(CC(=O)NC(C)(C)C)C(=O)Cc1ccc(N)cn1.Cl. The average molecular weight is 315 g/mol. The highest BCUT2D eigenvalue weighted by molar-refractivity contribution is 5.86. The molecule has 1 aromatic heterocycles. The van der Waals surface area contributed by atoms with E-state index in [4.69, 9.17) is 5.73 Å². The minimum Gasteiger partial charge on any atom is -0.397 e. The van der Waals surface area contributed by atoms with Crippen molar-refractivity contribution in [3.05, 3.63) is 24.0 Å². The molecule has 0 saturated carbocycles. The second kappa shape index (κ2) is 7.83. The Hall–Kier alpha value is -1.82. The van der Waals surface area contributed by atoms with Crippen LogP contribution in [0.1, 0.15) is 26.5 Å². The van der Waals surface area contributed by atoms with E-state index in [1.165, 1.54) is 11.1 Å². The number of halogens is 1. The molecule has 0 aliphatic heterocycles. The van der Waals surface area contributed by atoms with Crippen molar-refractivity contribution < 1.29 is 9.59 Å². The summed E-state index contributed by atoms with van der Waals surface area (Å²) in [5.41, 5.74) is 6.41. The minimum atomic E-state index is -0.306. The molecule has 21 heavy (non-hydrogen) atoms. The van der Waals surface area contributed by atoms with Gasteiger partial charge in [0.15, 0.2) is 0 Å². The molecular weight excluding hydrogens is 292 g/mol. The fraction of sp³-hybridized carbons (Fsp3) is 0.500. The molecule has 1 heterocycles. The van der Waals surface area contributed by atoms with Crippen LogP contribution in [0.4, 0.5) is 5.69 Å². The fourth-order valence-electron chi connectivity index (χ4n) is 1.59. The van der Waals surface area contributed by atoms with Crippen LogP contribution in [0.15, 0.2) is 18.3 Å². The highest BCUT2D eigenvalue weighted by atomic mass is 35.5. The normalized spacial score (nSPS) is 10.5. The lowest BCUT2D eigenvalue weighted by atomic mass is 10.1. The summed E-state index contributed by atoms with van der Waals surface area (Å²) in [5.74, 6) is -0.343. The van der Waals surface area contributed by atoms with Crippen LogP contribution in [0.2, 0.25) is 0 Å². The van der Waals surface area contributed by atoms with Gasteiger partial charge >= 0.3 is 0 Å². The van der Waals surface area contributed by atoms with E-state index in [2.05, 4.69) is 10.3 Å². The van der Waals surface area contributed by atoms with E-state index in [1.54, 1.807) is 19.2 Å². The number of aromatic nitrogens is 1. The van der Waals surface area contributed by atoms with Gasteiger partial charge in [-0.1, -0.05) is 0 Å². The van der Waals surface area contributed by atoms with Gasteiger partial charge < -0.3 is 16.0 Å². The molecule has 7 heteroatoms. The predicted molar refractivity (Wildman–Crippen MR) is 85.1 cm³/mol. The Labute approximate surface area is 131 Å². The maximum atomic E-state index is 12.0. The zero-order chi connectivity index (χ0) is 15.3. The van der Waals surface area contributed by atoms with Crippen LogP contribution < -0.4 is 11.1 Å². The third kappa shape index (κ3) is 7.51. The van der Waals surface area contributed by atoms with Gasteiger partial charge in [-0.25, -0.2) is 0 Å². The van der Waals surface area contributed by atoms with Crippen molar-refractivity contribution in [3.63, 3.8) is 0 Å². The molecule has 0 atom stereocenters. The van der Waals surface area contributed by atoms with E-state index in [0.717, 1.165) is 0 Å². The van der Waals surface area contributed by atoms with Crippen LogP contribution in [0.25, 0.3) is 0 Å². The van der Waals surface area contributed by atoms with E-state index in [9.17, 15) is 9.59 Å². The van der Waals surface area contributed by atoms with Crippen molar-refractivity contribution in [2.45, 2.75) is 32.7 Å². The lowest BCUT2D eigenvalue weighted by Crippen LogP contribution is -2.46. The lowest BCUT2D eigenvalue weighted by Gasteiger charge is -2.23. The first kappa shape index (κ1) is 19.2. The number of pyridine rings is 1. The first-order chi connectivity index (χ1) is 9.17. The molecule has 0 radical (unpaired) electrons. The number of carbonyl (C=O) groups excluding carboxylic acids is 2. The summed E-state index contributed by atoms with van der Waals surface area (Å²) in [6.45, 7) is 5.71. The largest absolute Gasteiger partial charge is 0.397 e. The van der Waals surface area contributed by atoms with Gasteiger partial charge in [-0.3, -0.25) is 14.6 Å². The molecule has 3 N–H and O–H groups in total. The highest BCUT2D eigenvalue weighted by Gasteiger charge is 2.18. The number of carbonyl (C=O) groups is 2. The van der Waals surface area contributed by atoms with Crippen molar-refractivity contribution in [3.8, 4) is 0 Å². The third-order valence-corrected chi connectivity index (χ3v) is 2.50. The molecule has 1 rings (SSSR count). The Kier molecular flexibility index (Phi) is 7.15. The number of anilines is 1. The summed E-state index contributed by atoms with van der Waals surface area (Å²) in [6, 6.07) is 3.40. The maximum Gasteiger partial charge on any atom is 0.240 e. The number of nitrogen functional groups attached to an aromatic ring is 1. The van der Waals surface area contributed by atoms with Crippen LogP contribution in [0.5, 0.6) is 0 Å². The van der Waals surface area contributed by atoms with Crippen molar-refractivity contribution >= 4 is 29.9 Å². The molecule has 2 amide bonds. The molecule has 0 aliphatic carbocycles. The van der Waals surface area contributed by atoms with Crippen LogP contribution in [0, 0.1) is 0 Å². The van der Waals surface area contributed by atoms with Crippen molar-refractivity contribution in [1.29, 1.82) is 0 Å². The third-order valence-electron chi connectivity index (χ3n) is 2.50. The van der Waals surface area contributed by atoms with Gasteiger partial charge in [-0.2, -0.15) is 0 Å². The van der Waals surface area contributed by atoms with Crippen LogP contribution in [0.3, 0.4) is 0 Å². The lowest BCUT2D eigenvalue weighted by molar-refractivity contribution is -0.134. The number of hydrogen-bond acceptors (Lipinski definition) is 4. The molecule has 118 valence electrons. The number of likely N-dealkylation sites (N-methyl/N-ethyl adjacent to an activating group) is 1. The zero-order valence-electron chi connectivity index (χ0n) is 12.8. The van der Waals surface area contributed by atoms with Crippen molar-refractivity contribution in [2.24, 2.45) is 0 Å². The summed E-state index contributed by atoms with van der Waals surface area (Å²) in [6.07, 6.45) is 1.66. The van der Waals surface area contributed by atoms with Gasteiger partial charge in [0.1, 0.15) is 0 Å². The first-order valence-corrected chi connectivity index (χ1v) is 6.43. The summed E-state index contributed by atoms with van der Waals surface area (Å²) in [7, 11) is 1.60. The zero-order valence-corrected chi connectivity index (χ0v) is 13.7. The molecule has 0 unspecified atom stereocenters. The summed E-state index contributed by atoms with van der Waals surface area (Å²) in [5, 5.41) is 2.81. The van der Waals surface area contributed by atoms with Gasteiger partial charge in [-0.15, -0.1) is 12.4 Å². The predicted octanol–water partition coefficient (Wildman–Crippen LogP) is 1.00. The van der Waals surface area contributed by atoms with Gasteiger partial charge in [0.05, 0.1) is 24.8 Å². The molecular formula is C14H23ClN4O2. The Morgan fingerprint density at radius 1 is 1.33 bits per heavy atom. The maximum absolute atomic E-state index is 12.0. The molecule has 0 bridgehead atoms. The first-order valence-electron chi connectivity index (χ1n) is 6.43. The number of hydrogen-bond donors (Lipinski definition) is 2. The van der Waals surface area contributed by atoms with Gasteiger partial charge in [0.25, 0.3) is 0 Å². The second-order valence-corrected chi connectivity index (χ2v) is 5.81. The smallest absolute Gasteiger partial charge is 0.240 e. The van der Waals surface area contributed by atoms with E-state index < -0.39 is 0 Å². The Bertz CT molecular complexity index is 483. The topological polar surface area (TPSA) is 88.3 Å². The highest BCUT2D eigenvalue weighted by Crippen LogP contribution is 2.04. The standard InChI is InChI=1S/C14H22N4O2.ClH/c1-14(2,3)17-12(19)9-18(4)13(20)7-11-6-5-10(15)8-16-11;/h5-6,8H,7,9,15H2,1-4H3,(H,17,19);1H. The Morgan fingerprint density at radius 3 is 2.43 bits per heavy atom. The molecule has 0 aromatic carbocycles. The summed E-state index contributed by atoms with van der Waals surface area (Å²) >= 11 is 0. The van der Waals surface area contributed by atoms with Gasteiger partial charge in [0.2, 0.25) is 11.8 Å². The molecule has 1 aromatic rings. The fourth-order valence-corrected chi connectivity index (χ4v) is 1.59. The van der Waals surface area contributed by atoms with Crippen LogP contribution in [-0.2, 0) is 16.0 Å². The van der Waals surface area contributed by atoms with Crippen molar-refractivity contribution in [1.82, 2.24) is 15.2 Å². The number of rotatable bonds is 4. The van der Waals surface area contributed by atoms with Crippen molar-refractivity contribution in [2.75, 3.05) is 19.3 Å². The van der Waals surface area contributed by atoms with Crippen LogP contribution >= 0.6 is 12.4 Å².